The molecule has 7 nitrogen and oxygen atoms in total. The molecule has 1 aromatic rings. The number of carbonyl (C=O) groups excluding carboxylic acids is 1. The van der Waals surface area contributed by atoms with Crippen LogP contribution in [0.25, 0.3) is 0 Å². The van der Waals surface area contributed by atoms with Gasteiger partial charge < -0.3 is 14.6 Å². The summed E-state index contributed by atoms with van der Waals surface area (Å²) in [6.07, 6.45) is 2.94. The second kappa shape index (κ2) is 7.21. The second-order valence-electron chi connectivity index (χ2n) is 5.34. The monoisotopic (exact) mass is 295 g/mol. The third kappa shape index (κ3) is 4.04. The molecule has 1 saturated heterocycles. The first kappa shape index (κ1) is 15.5. The van der Waals surface area contributed by atoms with Gasteiger partial charge in [0, 0.05) is 13.1 Å². The summed E-state index contributed by atoms with van der Waals surface area (Å²) < 4.78 is 5.02. The van der Waals surface area contributed by atoms with Crippen LogP contribution in [0.2, 0.25) is 0 Å². The van der Waals surface area contributed by atoms with Crippen LogP contribution in [0.3, 0.4) is 0 Å². The van der Waals surface area contributed by atoms with Gasteiger partial charge in [-0.2, -0.15) is 0 Å². The van der Waals surface area contributed by atoms with Crippen molar-refractivity contribution in [3.8, 4) is 0 Å². The lowest BCUT2D eigenvalue weighted by Gasteiger charge is -2.29. The van der Waals surface area contributed by atoms with E-state index in [1.54, 1.807) is 4.90 Å². The Bertz CT molecular complexity index is 494. The van der Waals surface area contributed by atoms with Crippen LogP contribution < -0.4 is 5.32 Å². The van der Waals surface area contributed by atoms with Crippen molar-refractivity contribution in [1.29, 1.82) is 0 Å². The quantitative estimate of drug-likeness (QED) is 0.641. The summed E-state index contributed by atoms with van der Waals surface area (Å²) in [6.45, 7) is 5.28. The molecule has 1 fully saturated rings. The molecule has 1 N–H and O–H groups in total. The standard InChI is InChI=1S/C14H21N3O4/c1-2-9-16(10-11-5-7-15-8-6-11)14(18)12-3-4-13(21-12)17(19)20/h3-4,11,15H,2,5-10H2,1H3. The summed E-state index contributed by atoms with van der Waals surface area (Å²) in [6, 6.07) is 2.60. The predicted molar refractivity (Wildman–Crippen MR) is 77.2 cm³/mol. The number of hydrogen-bond donors (Lipinski definition) is 1. The molecule has 21 heavy (non-hydrogen) atoms. The molecule has 0 atom stereocenters. The fourth-order valence-electron chi connectivity index (χ4n) is 2.62. The average Bonchev–Trinajstić information content (AvgIpc) is 2.97. The van der Waals surface area contributed by atoms with Gasteiger partial charge in [0.25, 0.3) is 5.91 Å². The molecular formula is C14H21N3O4. The molecule has 0 spiro atoms. The fourth-order valence-corrected chi connectivity index (χ4v) is 2.62. The Balaban J connectivity index is 2.04. The maximum absolute atomic E-state index is 12.4. The molecule has 116 valence electrons. The molecule has 7 heteroatoms. The Hall–Kier alpha value is -1.89. The molecule has 0 aliphatic carbocycles. The Morgan fingerprint density at radius 2 is 2.19 bits per heavy atom. The number of piperidine rings is 1. The van der Waals surface area contributed by atoms with E-state index < -0.39 is 10.8 Å². The van der Waals surface area contributed by atoms with Crippen molar-refractivity contribution >= 4 is 11.8 Å². The third-order valence-corrected chi connectivity index (χ3v) is 3.70. The first-order valence-corrected chi connectivity index (χ1v) is 7.36. The topological polar surface area (TPSA) is 88.6 Å². The highest BCUT2D eigenvalue weighted by atomic mass is 16.6. The lowest BCUT2D eigenvalue weighted by molar-refractivity contribution is -0.402. The molecule has 1 aliphatic heterocycles. The number of nitrogens with one attached hydrogen (secondary N) is 1. The van der Waals surface area contributed by atoms with Gasteiger partial charge >= 0.3 is 5.88 Å². The van der Waals surface area contributed by atoms with Crippen LogP contribution in [-0.4, -0.2) is 41.9 Å². The van der Waals surface area contributed by atoms with Gasteiger partial charge in [-0.1, -0.05) is 6.92 Å². The van der Waals surface area contributed by atoms with E-state index in [-0.39, 0.29) is 11.7 Å². The zero-order valence-corrected chi connectivity index (χ0v) is 12.2. The molecule has 0 bridgehead atoms. The highest BCUT2D eigenvalue weighted by molar-refractivity contribution is 5.91. The SMILES string of the molecule is CCCN(CC1CCNCC1)C(=O)c1ccc([N+](=O)[O-])o1. The average molecular weight is 295 g/mol. The molecule has 0 saturated carbocycles. The molecule has 1 aromatic heterocycles. The summed E-state index contributed by atoms with van der Waals surface area (Å²) in [5.74, 6) is -0.129. The highest BCUT2D eigenvalue weighted by Gasteiger charge is 2.25. The molecule has 1 aliphatic rings. The van der Waals surface area contributed by atoms with Crippen LogP contribution in [0.15, 0.2) is 16.5 Å². The summed E-state index contributed by atoms with van der Waals surface area (Å²) in [7, 11) is 0. The molecule has 0 radical (unpaired) electrons. The van der Waals surface area contributed by atoms with Crippen LogP contribution in [0.1, 0.15) is 36.7 Å². The van der Waals surface area contributed by atoms with E-state index in [0.29, 0.717) is 19.0 Å². The number of furan rings is 1. The number of hydrogen-bond acceptors (Lipinski definition) is 5. The minimum absolute atomic E-state index is 0.0454. The van der Waals surface area contributed by atoms with Crippen LogP contribution in [0, 0.1) is 16.0 Å². The zero-order chi connectivity index (χ0) is 15.2. The minimum Gasteiger partial charge on any atom is -0.395 e. The van der Waals surface area contributed by atoms with Gasteiger partial charge in [0.2, 0.25) is 0 Å². The van der Waals surface area contributed by atoms with Gasteiger partial charge in [-0.15, -0.1) is 0 Å². The number of rotatable bonds is 6. The van der Waals surface area contributed by atoms with Crippen molar-refractivity contribution in [3.05, 3.63) is 28.0 Å². The molecule has 0 aromatic carbocycles. The van der Waals surface area contributed by atoms with Gasteiger partial charge in [-0.25, -0.2) is 0 Å². The lowest BCUT2D eigenvalue weighted by atomic mass is 9.97. The van der Waals surface area contributed by atoms with E-state index in [9.17, 15) is 14.9 Å². The van der Waals surface area contributed by atoms with Crippen molar-refractivity contribution in [2.75, 3.05) is 26.2 Å². The molecule has 2 heterocycles. The minimum atomic E-state index is -0.631. The van der Waals surface area contributed by atoms with Crippen LogP contribution in [-0.2, 0) is 0 Å². The Morgan fingerprint density at radius 3 is 2.76 bits per heavy atom. The number of nitrogens with zero attached hydrogens (tertiary/aromatic N) is 2. The Kier molecular flexibility index (Phi) is 5.32. The molecule has 1 amide bonds. The van der Waals surface area contributed by atoms with Gasteiger partial charge in [-0.05, 0) is 44.3 Å². The first-order valence-electron chi connectivity index (χ1n) is 7.36. The summed E-state index contributed by atoms with van der Waals surface area (Å²) >= 11 is 0. The Morgan fingerprint density at radius 1 is 1.48 bits per heavy atom. The largest absolute Gasteiger partial charge is 0.433 e. The fraction of sp³-hybridized carbons (Fsp3) is 0.643. The normalized spacial score (nSPS) is 15.9. The van der Waals surface area contributed by atoms with Gasteiger partial charge in [-0.3, -0.25) is 14.9 Å². The summed E-state index contributed by atoms with van der Waals surface area (Å²) in [4.78, 5) is 24.2. The third-order valence-electron chi connectivity index (χ3n) is 3.70. The molecule has 0 unspecified atom stereocenters. The number of amides is 1. The molecular weight excluding hydrogens is 274 g/mol. The van der Waals surface area contributed by atoms with Crippen molar-refractivity contribution in [2.45, 2.75) is 26.2 Å². The van der Waals surface area contributed by atoms with Gasteiger partial charge in [0.15, 0.2) is 5.76 Å². The predicted octanol–water partition coefficient (Wildman–Crippen LogP) is 2.04. The van der Waals surface area contributed by atoms with Crippen LogP contribution in [0.5, 0.6) is 0 Å². The van der Waals surface area contributed by atoms with Gasteiger partial charge in [0.05, 0.1) is 6.07 Å². The van der Waals surface area contributed by atoms with Crippen LogP contribution >= 0.6 is 0 Å². The maximum atomic E-state index is 12.4. The van der Waals surface area contributed by atoms with E-state index in [4.69, 9.17) is 4.42 Å². The van der Waals surface area contributed by atoms with Gasteiger partial charge in [0.1, 0.15) is 4.92 Å². The number of nitro groups is 1. The summed E-state index contributed by atoms with van der Waals surface area (Å²) in [5.41, 5.74) is 0. The first-order chi connectivity index (χ1) is 10.1. The van der Waals surface area contributed by atoms with Crippen molar-refractivity contribution < 1.29 is 14.1 Å². The van der Waals surface area contributed by atoms with E-state index >= 15 is 0 Å². The van der Waals surface area contributed by atoms with E-state index in [1.807, 2.05) is 6.92 Å². The highest BCUT2D eigenvalue weighted by Crippen LogP contribution is 2.20. The Labute approximate surface area is 123 Å². The number of carbonyl (C=O) groups is 1. The molecule has 2 rings (SSSR count). The maximum Gasteiger partial charge on any atom is 0.433 e. The van der Waals surface area contributed by atoms with E-state index in [2.05, 4.69) is 5.32 Å². The van der Waals surface area contributed by atoms with Crippen molar-refractivity contribution in [3.63, 3.8) is 0 Å². The van der Waals surface area contributed by atoms with E-state index in [1.165, 1.54) is 12.1 Å². The zero-order valence-electron chi connectivity index (χ0n) is 12.2. The second-order valence-corrected chi connectivity index (χ2v) is 5.34. The van der Waals surface area contributed by atoms with E-state index in [0.717, 1.165) is 32.4 Å². The van der Waals surface area contributed by atoms with Crippen LogP contribution in [0.4, 0.5) is 5.88 Å². The van der Waals surface area contributed by atoms with Crippen molar-refractivity contribution in [2.24, 2.45) is 5.92 Å². The summed E-state index contributed by atoms with van der Waals surface area (Å²) in [5, 5.41) is 13.9. The van der Waals surface area contributed by atoms with Crippen molar-refractivity contribution in [1.82, 2.24) is 10.2 Å². The smallest absolute Gasteiger partial charge is 0.395 e. The lowest BCUT2D eigenvalue weighted by Crippen LogP contribution is -2.39.